The van der Waals surface area contributed by atoms with E-state index >= 15 is 0 Å². The minimum absolute atomic E-state index is 0.0876. The van der Waals surface area contributed by atoms with E-state index in [0.717, 1.165) is 109 Å². The van der Waals surface area contributed by atoms with Crippen molar-refractivity contribution in [1.82, 2.24) is 0 Å². The molecule has 0 aliphatic carbocycles. The summed E-state index contributed by atoms with van der Waals surface area (Å²) in [6.45, 7) is 6.47. The first-order chi connectivity index (χ1) is 36.0. The highest BCUT2D eigenvalue weighted by Crippen LogP contribution is 2.16. The molecule has 0 aromatic rings. The molecule has 0 spiro atoms. The van der Waals surface area contributed by atoms with Crippen molar-refractivity contribution in [2.75, 3.05) is 13.2 Å². The molecule has 0 aromatic carbocycles. The number of carbonyl (C=O) groups is 3. The largest absolute Gasteiger partial charge is 0.462 e. The van der Waals surface area contributed by atoms with Crippen molar-refractivity contribution in [3.8, 4) is 0 Å². The number of hydrogen-bond donors (Lipinski definition) is 0. The Hall–Kier alpha value is -3.67. The second-order valence-electron chi connectivity index (χ2n) is 20.2. The summed E-state index contributed by atoms with van der Waals surface area (Å²) in [7, 11) is 0. The van der Waals surface area contributed by atoms with Gasteiger partial charge in [-0.15, -0.1) is 0 Å². The maximum atomic E-state index is 12.8. The quantitative estimate of drug-likeness (QED) is 0.0261. The first-order valence-electron chi connectivity index (χ1n) is 30.7. The molecule has 0 aliphatic heterocycles. The van der Waals surface area contributed by atoms with Crippen LogP contribution in [0.3, 0.4) is 0 Å². The number of carbonyl (C=O) groups excluding carboxylic acids is 3. The van der Waals surface area contributed by atoms with Crippen LogP contribution in [-0.2, 0) is 28.6 Å². The molecular formula is C67H114O6. The Morgan fingerprint density at radius 2 is 0.534 bits per heavy atom. The zero-order valence-electron chi connectivity index (χ0n) is 47.9. The molecule has 0 aromatic heterocycles. The summed E-state index contributed by atoms with van der Waals surface area (Å²) in [5.74, 6) is -0.924. The summed E-state index contributed by atoms with van der Waals surface area (Å²) in [6, 6.07) is 0. The third-order valence-corrected chi connectivity index (χ3v) is 13.1. The monoisotopic (exact) mass is 1010 g/mol. The normalized spacial score (nSPS) is 12.8. The van der Waals surface area contributed by atoms with E-state index in [9.17, 15) is 14.4 Å². The summed E-state index contributed by atoms with van der Waals surface area (Å²) in [5, 5.41) is 0. The van der Waals surface area contributed by atoms with Crippen molar-refractivity contribution in [3.63, 3.8) is 0 Å². The molecule has 0 aliphatic rings. The van der Waals surface area contributed by atoms with Gasteiger partial charge in [0, 0.05) is 19.3 Å². The SMILES string of the molecule is CC/C=C\C/C=C\C/C=C\C/C=C\C/C=C\C/C=C\C/C=C\CCCCCC(=O)OCC(COC(=O)CCCCCCCCC)OC(=O)CCCCCCCCCCCCC/C=C\CCCCCCCCCC. The number of esters is 3. The Morgan fingerprint density at radius 1 is 0.288 bits per heavy atom. The topological polar surface area (TPSA) is 78.9 Å². The van der Waals surface area contributed by atoms with E-state index in [-0.39, 0.29) is 31.1 Å². The van der Waals surface area contributed by atoms with E-state index in [1.54, 1.807) is 0 Å². The van der Waals surface area contributed by atoms with Gasteiger partial charge in [-0.1, -0.05) is 266 Å². The number of rotatable bonds is 55. The van der Waals surface area contributed by atoms with Crippen LogP contribution >= 0.6 is 0 Å². The van der Waals surface area contributed by atoms with Gasteiger partial charge in [0.2, 0.25) is 0 Å². The molecule has 0 bridgehead atoms. The predicted octanol–water partition coefficient (Wildman–Crippen LogP) is 20.9. The second-order valence-corrected chi connectivity index (χ2v) is 20.2. The van der Waals surface area contributed by atoms with Gasteiger partial charge in [0.15, 0.2) is 6.10 Å². The molecule has 0 N–H and O–H groups in total. The summed E-state index contributed by atoms with van der Waals surface area (Å²) in [4.78, 5) is 38.0. The molecule has 0 fully saturated rings. The molecule has 0 saturated carbocycles. The molecule has 1 atom stereocenters. The summed E-state index contributed by atoms with van der Waals surface area (Å²) in [5.41, 5.74) is 0. The molecule has 0 heterocycles. The van der Waals surface area contributed by atoms with Crippen LogP contribution in [-0.4, -0.2) is 37.2 Å². The van der Waals surface area contributed by atoms with Gasteiger partial charge in [-0.05, 0) is 103 Å². The second kappa shape index (κ2) is 60.9. The number of allylic oxidation sites excluding steroid dienone is 16. The average molecular weight is 1020 g/mol. The molecule has 6 nitrogen and oxygen atoms in total. The number of hydrogen-bond acceptors (Lipinski definition) is 6. The van der Waals surface area contributed by atoms with Gasteiger partial charge in [0.25, 0.3) is 0 Å². The van der Waals surface area contributed by atoms with Crippen molar-refractivity contribution < 1.29 is 28.6 Å². The maximum absolute atomic E-state index is 12.8. The molecule has 73 heavy (non-hydrogen) atoms. The molecular weight excluding hydrogens is 901 g/mol. The van der Waals surface area contributed by atoms with E-state index in [2.05, 4.69) is 118 Å². The average Bonchev–Trinajstić information content (AvgIpc) is 3.39. The Bertz CT molecular complexity index is 1440. The minimum atomic E-state index is -0.790. The highest BCUT2D eigenvalue weighted by atomic mass is 16.6. The highest BCUT2D eigenvalue weighted by molar-refractivity contribution is 5.71. The van der Waals surface area contributed by atoms with Gasteiger partial charge in [0.05, 0.1) is 0 Å². The third kappa shape index (κ3) is 59.1. The first-order valence-corrected chi connectivity index (χ1v) is 30.7. The van der Waals surface area contributed by atoms with Crippen LogP contribution in [0.4, 0.5) is 0 Å². The van der Waals surface area contributed by atoms with Crippen molar-refractivity contribution in [3.05, 3.63) is 97.2 Å². The maximum Gasteiger partial charge on any atom is 0.306 e. The lowest BCUT2D eigenvalue weighted by Gasteiger charge is -2.18. The Labute approximate surface area is 451 Å². The van der Waals surface area contributed by atoms with Crippen LogP contribution in [0.5, 0.6) is 0 Å². The van der Waals surface area contributed by atoms with Crippen LogP contribution in [0.1, 0.15) is 290 Å². The molecule has 6 heteroatoms. The first kappa shape index (κ1) is 69.3. The zero-order chi connectivity index (χ0) is 52.9. The van der Waals surface area contributed by atoms with Crippen molar-refractivity contribution >= 4 is 17.9 Å². The van der Waals surface area contributed by atoms with Gasteiger partial charge in [-0.2, -0.15) is 0 Å². The van der Waals surface area contributed by atoms with Crippen LogP contribution in [0.2, 0.25) is 0 Å². The lowest BCUT2D eigenvalue weighted by atomic mass is 10.0. The fraction of sp³-hybridized carbons (Fsp3) is 0.716. The van der Waals surface area contributed by atoms with E-state index in [1.807, 2.05) is 0 Å². The Morgan fingerprint density at radius 3 is 0.863 bits per heavy atom. The van der Waals surface area contributed by atoms with E-state index in [0.29, 0.717) is 19.3 Å². The van der Waals surface area contributed by atoms with Crippen LogP contribution in [0.25, 0.3) is 0 Å². The van der Waals surface area contributed by atoms with E-state index in [1.165, 1.54) is 141 Å². The van der Waals surface area contributed by atoms with Crippen LogP contribution in [0, 0.1) is 0 Å². The number of unbranched alkanes of at least 4 members (excludes halogenated alkanes) is 28. The smallest absolute Gasteiger partial charge is 0.306 e. The molecule has 0 rings (SSSR count). The summed E-state index contributed by atoms with van der Waals surface area (Å²) in [6.07, 6.45) is 81.5. The highest BCUT2D eigenvalue weighted by Gasteiger charge is 2.19. The molecule has 0 amide bonds. The van der Waals surface area contributed by atoms with E-state index < -0.39 is 6.10 Å². The standard InChI is InChI=1S/C67H114O6/c1-4-7-10-13-16-18-20-22-24-26-28-30-32-33-35-36-38-40-42-44-46-48-51-54-57-60-66(69)72-63-64(62-71-65(68)59-56-53-50-15-12-9-6-3)73-67(70)61-58-55-52-49-47-45-43-41-39-37-34-31-29-27-25-23-21-19-17-14-11-8-5-2/h7,10,16,18,22,24,27-30,33,35,38,40,44,46,64H,4-6,8-9,11-15,17,19-21,23,25-26,31-32,34,36-37,39,41-43,45,47-63H2,1-3H3/b10-7-,18-16-,24-22-,29-27-,30-28-,35-33-,40-38-,46-44-. The minimum Gasteiger partial charge on any atom is -0.462 e. The fourth-order valence-electron chi connectivity index (χ4n) is 8.48. The van der Waals surface area contributed by atoms with Crippen LogP contribution < -0.4 is 0 Å². The Balaban J connectivity index is 4.24. The number of ether oxygens (including phenoxy) is 3. The van der Waals surface area contributed by atoms with E-state index in [4.69, 9.17) is 14.2 Å². The van der Waals surface area contributed by atoms with Crippen molar-refractivity contribution in [2.24, 2.45) is 0 Å². The molecule has 418 valence electrons. The molecule has 0 radical (unpaired) electrons. The summed E-state index contributed by atoms with van der Waals surface area (Å²) < 4.78 is 16.8. The third-order valence-electron chi connectivity index (χ3n) is 13.1. The van der Waals surface area contributed by atoms with Crippen molar-refractivity contribution in [2.45, 2.75) is 297 Å². The van der Waals surface area contributed by atoms with Crippen LogP contribution in [0.15, 0.2) is 97.2 Å². The van der Waals surface area contributed by atoms with Gasteiger partial charge in [-0.3, -0.25) is 14.4 Å². The fourth-order valence-corrected chi connectivity index (χ4v) is 8.48. The van der Waals surface area contributed by atoms with Gasteiger partial charge < -0.3 is 14.2 Å². The lowest BCUT2D eigenvalue weighted by Crippen LogP contribution is -2.30. The van der Waals surface area contributed by atoms with Crippen molar-refractivity contribution in [1.29, 1.82) is 0 Å². The van der Waals surface area contributed by atoms with Gasteiger partial charge in [0.1, 0.15) is 13.2 Å². The predicted molar refractivity (Wildman–Crippen MR) is 316 cm³/mol. The molecule has 0 saturated heterocycles. The lowest BCUT2D eigenvalue weighted by molar-refractivity contribution is -0.167. The molecule has 1 unspecified atom stereocenters. The summed E-state index contributed by atoms with van der Waals surface area (Å²) >= 11 is 0. The Kier molecular flexibility index (Phi) is 57.8. The van der Waals surface area contributed by atoms with Gasteiger partial charge >= 0.3 is 17.9 Å². The zero-order valence-corrected chi connectivity index (χ0v) is 47.9. The van der Waals surface area contributed by atoms with Gasteiger partial charge in [-0.25, -0.2) is 0 Å².